The van der Waals surface area contributed by atoms with Crippen LogP contribution in [0.4, 0.5) is 0 Å². The molecule has 1 aliphatic heterocycles. The SMILES string of the molecule is CCC(CC)N1CCC[C@H]1C(C)(C)C. The standard InChI is InChI=1S/C13H27N/c1-6-11(7-2)14-10-8-9-12(14)13(3,4)5/h11-12H,6-10H2,1-5H3/t12-/m0/s1. The Labute approximate surface area is 89.9 Å². The summed E-state index contributed by atoms with van der Waals surface area (Å²) in [5, 5.41) is 0. The number of hydrogen-bond donors (Lipinski definition) is 0. The Kier molecular flexibility index (Phi) is 4.00. The molecular weight excluding hydrogens is 170 g/mol. The molecule has 84 valence electrons. The summed E-state index contributed by atoms with van der Waals surface area (Å²) in [6.07, 6.45) is 5.42. The lowest BCUT2D eigenvalue weighted by Crippen LogP contribution is -2.44. The van der Waals surface area contributed by atoms with Crippen LogP contribution in [0, 0.1) is 5.41 Å². The minimum Gasteiger partial charge on any atom is -0.297 e. The summed E-state index contributed by atoms with van der Waals surface area (Å²) in [6, 6.07) is 1.63. The summed E-state index contributed by atoms with van der Waals surface area (Å²) in [5.41, 5.74) is 0.457. The summed E-state index contributed by atoms with van der Waals surface area (Å²) in [4.78, 5) is 2.76. The number of likely N-dealkylation sites (tertiary alicyclic amines) is 1. The Bertz CT molecular complexity index is 165. The Hall–Kier alpha value is -0.0400. The van der Waals surface area contributed by atoms with E-state index in [9.17, 15) is 0 Å². The zero-order valence-corrected chi connectivity index (χ0v) is 10.6. The molecular formula is C13H27N. The maximum absolute atomic E-state index is 2.76. The average Bonchev–Trinajstić information content (AvgIpc) is 2.54. The quantitative estimate of drug-likeness (QED) is 0.667. The molecule has 14 heavy (non-hydrogen) atoms. The van der Waals surface area contributed by atoms with Crippen LogP contribution >= 0.6 is 0 Å². The highest BCUT2D eigenvalue weighted by Gasteiger charge is 2.36. The minimum atomic E-state index is 0.457. The molecule has 1 nitrogen and oxygen atoms in total. The largest absolute Gasteiger partial charge is 0.297 e. The first kappa shape index (κ1) is 12.0. The van der Waals surface area contributed by atoms with Gasteiger partial charge in [-0.1, -0.05) is 34.6 Å². The van der Waals surface area contributed by atoms with E-state index in [1.165, 1.54) is 32.2 Å². The highest BCUT2D eigenvalue weighted by molar-refractivity contribution is 4.90. The third-order valence-corrected chi connectivity index (χ3v) is 3.71. The Morgan fingerprint density at radius 1 is 1.21 bits per heavy atom. The van der Waals surface area contributed by atoms with E-state index in [-0.39, 0.29) is 0 Å². The summed E-state index contributed by atoms with van der Waals surface area (Å²) in [6.45, 7) is 13.1. The van der Waals surface area contributed by atoms with Crippen molar-refractivity contribution in [3.63, 3.8) is 0 Å². The molecule has 1 heterocycles. The summed E-state index contributed by atoms with van der Waals surface area (Å²) < 4.78 is 0. The van der Waals surface area contributed by atoms with Gasteiger partial charge in [-0.15, -0.1) is 0 Å². The summed E-state index contributed by atoms with van der Waals surface area (Å²) >= 11 is 0. The first-order valence-corrected chi connectivity index (χ1v) is 6.26. The third kappa shape index (κ3) is 2.50. The fourth-order valence-electron chi connectivity index (χ4n) is 2.91. The van der Waals surface area contributed by atoms with E-state index in [0.29, 0.717) is 5.41 Å². The normalized spacial score (nSPS) is 24.9. The smallest absolute Gasteiger partial charge is 0.0147 e. The predicted octanol–water partition coefficient (Wildman–Crippen LogP) is 3.69. The fraction of sp³-hybridized carbons (Fsp3) is 1.00. The van der Waals surface area contributed by atoms with Crippen molar-refractivity contribution in [1.29, 1.82) is 0 Å². The minimum absolute atomic E-state index is 0.457. The molecule has 0 spiro atoms. The van der Waals surface area contributed by atoms with Crippen molar-refractivity contribution in [3.8, 4) is 0 Å². The van der Waals surface area contributed by atoms with Crippen LogP contribution in [0.15, 0.2) is 0 Å². The Morgan fingerprint density at radius 3 is 2.21 bits per heavy atom. The molecule has 0 radical (unpaired) electrons. The monoisotopic (exact) mass is 197 g/mol. The third-order valence-electron chi connectivity index (χ3n) is 3.71. The second-order valence-electron chi connectivity index (χ2n) is 5.73. The van der Waals surface area contributed by atoms with E-state index in [4.69, 9.17) is 0 Å². The van der Waals surface area contributed by atoms with Crippen LogP contribution in [0.3, 0.4) is 0 Å². The van der Waals surface area contributed by atoms with Crippen LogP contribution < -0.4 is 0 Å². The van der Waals surface area contributed by atoms with Gasteiger partial charge in [-0.05, 0) is 37.6 Å². The van der Waals surface area contributed by atoms with Crippen molar-refractivity contribution in [1.82, 2.24) is 4.90 Å². The Morgan fingerprint density at radius 2 is 1.79 bits per heavy atom. The molecule has 1 heteroatoms. The molecule has 1 rings (SSSR count). The van der Waals surface area contributed by atoms with Crippen molar-refractivity contribution in [3.05, 3.63) is 0 Å². The topological polar surface area (TPSA) is 3.24 Å². The van der Waals surface area contributed by atoms with E-state index in [0.717, 1.165) is 12.1 Å². The summed E-state index contributed by atoms with van der Waals surface area (Å²) in [7, 11) is 0. The van der Waals surface area contributed by atoms with Crippen molar-refractivity contribution in [2.45, 2.75) is 72.4 Å². The second kappa shape index (κ2) is 4.65. The van der Waals surface area contributed by atoms with Crippen LogP contribution in [0.2, 0.25) is 0 Å². The van der Waals surface area contributed by atoms with Crippen molar-refractivity contribution >= 4 is 0 Å². The van der Waals surface area contributed by atoms with Gasteiger partial charge >= 0.3 is 0 Å². The van der Waals surface area contributed by atoms with Gasteiger partial charge in [-0.25, -0.2) is 0 Å². The zero-order chi connectivity index (χ0) is 10.8. The molecule has 0 N–H and O–H groups in total. The Balaban J connectivity index is 2.67. The van der Waals surface area contributed by atoms with E-state index < -0.39 is 0 Å². The number of rotatable bonds is 3. The number of nitrogens with zero attached hydrogens (tertiary/aromatic N) is 1. The van der Waals surface area contributed by atoms with Crippen molar-refractivity contribution in [2.75, 3.05) is 6.54 Å². The molecule has 0 aromatic carbocycles. The lowest BCUT2D eigenvalue weighted by molar-refractivity contribution is 0.0920. The van der Waals surface area contributed by atoms with Gasteiger partial charge in [0.2, 0.25) is 0 Å². The second-order valence-corrected chi connectivity index (χ2v) is 5.73. The molecule has 0 aromatic heterocycles. The molecule has 1 saturated heterocycles. The van der Waals surface area contributed by atoms with Crippen molar-refractivity contribution < 1.29 is 0 Å². The maximum Gasteiger partial charge on any atom is 0.0147 e. The fourth-order valence-corrected chi connectivity index (χ4v) is 2.91. The van der Waals surface area contributed by atoms with Crippen LogP contribution in [0.1, 0.15) is 60.3 Å². The van der Waals surface area contributed by atoms with Gasteiger partial charge in [0.15, 0.2) is 0 Å². The van der Waals surface area contributed by atoms with Gasteiger partial charge in [-0.2, -0.15) is 0 Å². The van der Waals surface area contributed by atoms with E-state index in [2.05, 4.69) is 39.5 Å². The lowest BCUT2D eigenvalue weighted by Gasteiger charge is -2.39. The van der Waals surface area contributed by atoms with Gasteiger partial charge in [0.1, 0.15) is 0 Å². The average molecular weight is 197 g/mol. The first-order valence-electron chi connectivity index (χ1n) is 6.26. The van der Waals surface area contributed by atoms with Gasteiger partial charge in [-0.3, -0.25) is 4.90 Å². The molecule has 1 aliphatic rings. The predicted molar refractivity (Wildman–Crippen MR) is 63.6 cm³/mol. The van der Waals surface area contributed by atoms with Crippen LogP contribution in [0.25, 0.3) is 0 Å². The molecule has 0 bridgehead atoms. The first-order chi connectivity index (χ1) is 6.50. The van der Waals surface area contributed by atoms with Gasteiger partial charge < -0.3 is 0 Å². The highest BCUT2D eigenvalue weighted by atomic mass is 15.2. The highest BCUT2D eigenvalue weighted by Crippen LogP contribution is 2.35. The van der Waals surface area contributed by atoms with E-state index >= 15 is 0 Å². The van der Waals surface area contributed by atoms with E-state index in [1.807, 2.05) is 0 Å². The molecule has 0 unspecified atom stereocenters. The van der Waals surface area contributed by atoms with Crippen LogP contribution in [-0.4, -0.2) is 23.5 Å². The lowest BCUT2D eigenvalue weighted by atomic mass is 9.84. The van der Waals surface area contributed by atoms with E-state index in [1.54, 1.807) is 0 Å². The zero-order valence-electron chi connectivity index (χ0n) is 10.6. The molecule has 0 saturated carbocycles. The number of hydrogen-bond acceptors (Lipinski definition) is 1. The maximum atomic E-state index is 2.76. The van der Waals surface area contributed by atoms with Gasteiger partial charge in [0.05, 0.1) is 0 Å². The summed E-state index contributed by atoms with van der Waals surface area (Å²) in [5.74, 6) is 0. The molecule has 1 fully saturated rings. The molecule has 0 amide bonds. The van der Waals surface area contributed by atoms with Gasteiger partial charge in [0.25, 0.3) is 0 Å². The van der Waals surface area contributed by atoms with Crippen LogP contribution in [0.5, 0.6) is 0 Å². The molecule has 0 aliphatic carbocycles. The molecule has 0 aromatic rings. The molecule has 1 atom stereocenters. The van der Waals surface area contributed by atoms with Crippen LogP contribution in [-0.2, 0) is 0 Å². The van der Waals surface area contributed by atoms with Gasteiger partial charge in [0, 0.05) is 12.1 Å². The van der Waals surface area contributed by atoms with Crippen molar-refractivity contribution in [2.24, 2.45) is 5.41 Å².